The Bertz CT molecular complexity index is 618. The Balaban J connectivity index is 2.43. The van der Waals surface area contributed by atoms with Crippen LogP contribution in [0.25, 0.3) is 5.70 Å². The molecule has 0 aliphatic carbocycles. The molecule has 0 aliphatic rings. The third-order valence-electron chi connectivity index (χ3n) is 2.59. The van der Waals surface area contributed by atoms with Gasteiger partial charge in [0, 0.05) is 23.0 Å². The van der Waals surface area contributed by atoms with E-state index in [1.807, 2.05) is 13.0 Å². The molecular formula is C14H12Cl2N2O. The maximum absolute atomic E-state index is 12.5. The van der Waals surface area contributed by atoms with E-state index >= 15 is 0 Å². The summed E-state index contributed by atoms with van der Waals surface area (Å²) >= 11 is 11.9. The van der Waals surface area contributed by atoms with Gasteiger partial charge in [0.25, 0.3) is 0 Å². The second-order valence-corrected chi connectivity index (χ2v) is 4.76. The second kappa shape index (κ2) is 6.04. The van der Waals surface area contributed by atoms with Crippen LogP contribution in [-0.4, -0.2) is 15.3 Å². The summed E-state index contributed by atoms with van der Waals surface area (Å²) in [5.74, 6) is -0.151. The van der Waals surface area contributed by atoms with Crippen molar-refractivity contribution >= 4 is 34.7 Å². The Morgan fingerprint density at radius 1 is 1.42 bits per heavy atom. The molecule has 0 N–H and O–H groups in total. The number of nitrogens with zero attached hydrogens (tertiary/aromatic N) is 2. The maximum Gasteiger partial charge on any atom is 0.210 e. The molecule has 0 saturated carbocycles. The summed E-state index contributed by atoms with van der Waals surface area (Å²) in [4.78, 5) is 16.5. The first-order valence-corrected chi connectivity index (χ1v) is 6.57. The van der Waals surface area contributed by atoms with Crippen molar-refractivity contribution in [2.24, 2.45) is 0 Å². The lowest BCUT2D eigenvalue weighted by Gasteiger charge is -2.09. The van der Waals surface area contributed by atoms with Crippen molar-refractivity contribution in [2.75, 3.05) is 0 Å². The average Bonchev–Trinajstić information content (AvgIpc) is 2.89. The number of carbonyl (C=O) groups is 1. The van der Waals surface area contributed by atoms with Crippen molar-refractivity contribution in [2.45, 2.75) is 13.3 Å². The van der Waals surface area contributed by atoms with E-state index in [-0.39, 0.29) is 5.78 Å². The zero-order valence-electron chi connectivity index (χ0n) is 10.3. The van der Waals surface area contributed by atoms with Gasteiger partial charge < -0.3 is 4.57 Å². The molecule has 0 unspecified atom stereocenters. The number of hydrogen-bond acceptors (Lipinski definition) is 2. The molecule has 0 aliphatic heterocycles. The predicted molar refractivity (Wildman–Crippen MR) is 77.6 cm³/mol. The van der Waals surface area contributed by atoms with E-state index in [2.05, 4.69) is 4.98 Å². The van der Waals surface area contributed by atoms with E-state index < -0.39 is 0 Å². The van der Waals surface area contributed by atoms with Crippen LogP contribution in [0.3, 0.4) is 0 Å². The van der Waals surface area contributed by atoms with Crippen molar-refractivity contribution in [1.29, 1.82) is 0 Å². The summed E-state index contributed by atoms with van der Waals surface area (Å²) < 4.78 is 1.68. The molecule has 19 heavy (non-hydrogen) atoms. The lowest BCUT2D eigenvalue weighted by Crippen LogP contribution is -2.08. The largest absolute Gasteiger partial charge is 0.303 e. The van der Waals surface area contributed by atoms with Crippen LogP contribution in [0.5, 0.6) is 0 Å². The highest BCUT2D eigenvalue weighted by molar-refractivity contribution is 6.39. The molecule has 1 heterocycles. The first kappa shape index (κ1) is 13.8. The zero-order chi connectivity index (χ0) is 13.8. The van der Waals surface area contributed by atoms with Gasteiger partial charge in [0.05, 0.1) is 17.0 Å². The topological polar surface area (TPSA) is 34.9 Å². The van der Waals surface area contributed by atoms with Gasteiger partial charge in [0.2, 0.25) is 5.78 Å². The molecule has 98 valence electrons. The van der Waals surface area contributed by atoms with Crippen molar-refractivity contribution in [3.05, 3.63) is 58.6 Å². The highest BCUT2D eigenvalue weighted by atomic mass is 35.5. The first-order chi connectivity index (χ1) is 9.13. The molecule has 0 atom stereocenters. The van der Waals surface area contributed by atoms with Gasteiger partial charge in [-0.3, -0.25) is 4.79 Å². The maximum atomic E-state index is 12.5. The number of hydrogen-bond donors (Lipinski definition) is 0. The number of benzene rings is 1. The fourth-order valence-corrected chi connectivity index (χ4v) is 2.22. The minimum atomic E-state index is -0.151. The van der Waals surface area contributed by atoms with E-state index in [1.54, 1.807) is 41.5 Å². The van der Waals surface area contributed by atoms with Gasteiger partial charge in [-0.2, -0.15) is 0 Å². The number of imidazole rings is 1. The summed E-state index contributed by atoms with van der Waals surface area (Å²) in [7, 11) is 0. The first-order valence-electron chi connectivity index (χ1n) is 5.81. The number of carbonyl (C=O) groups excluding carboxylic acids is 1. The van der Waals surface area contributed by atoms with Crippen LogP contribution in [0.4, 0.5) is 0 Å². The summed E-state index contributed by atoms with van der Waals surface area (Å²) in [6, 6.07) is 4.85. The van der Waals surface area contributed by atoms with Crippen molar-refractivity contribution in [3.63, 3.8) is 0 Å². The van der Waals surface area contributed by atoms with Crippen LogP contribution in [0.2, 0.25) is 10.0 Å². The number of halogens is 2. The van der Waals surface area contributed by atoms with Gasteiger partial charge in [-0.05, 0) is 24.6 Å². The van der Waals surface area contributed by atoms with Gasteiger partial charge >= 0.3 is 0 Å². The number of rotatable bonds is 4. The Morgan fingerprint density at radius 2 is 2.21 bits per heavy atom. The molecule has 0 amide bonds. The number of Topliss-reactive ketones (excluding diaryl/α,β-unsaturated/α-hetero) is 1. The van der Waals surface area contributed by atoms with Crippen LogP contribution in [0.1, 0.15) is 23.7 Å². The Kier molecular flexibility index (Phi) is 4.40. The van der Waals surface area contributed by atoms with E-state index in [0.717, 1.165) is 6.42 Å². The van der Waals surface area contributed by atoms with Gasteiger partial charge in [0.1, 0.15) is 0 Å². The van der Waals surface area contributed by atoms with E-state index in [9.17, 15) is 4.79 Å². The molecule has 0 radical (unpaired) electrons. The third-order valence-corrected chi connectivity index (χ3v) is 3.14. The van der Waals surface area contributed by atoms with E-state index in [0.29, 0.717) is 21.3 Å². The van der Waals surface area contributed by atoms with Crippen LogP contribution >= 0.6 is 23.2 Å². The molecule has 1 aromatic carbocycles. The Morgan fingerprint density at radius 3 is 2.79 bits per heavy atom. The third kappa shape index (κ3) is 3.06. The number of aromatic nitrogens is 2. The van der Waals surface area contributed by atoms with Gasteiger partial charge in [0.15, 0.2) is 0 Å². The quantitative estimate of drug-likeness (QED) is 0.622. The van der Waals surface area contributed by atoms with Crippen molar-refractivity contribution in [1.82, 2.24) is 9.55 Å². The molecule has 0 bridgehead atoms. The van der Waals surface area contributed by atoms with Crippen molar-refractivity contribution in [3.8, 4) is 0 Å². The van der Waals surface area contributed by atoms with Crippen LogP contribution < -0.4 is 0 Å². The van der Waals surface area contributed by atoms with Crippen LogP contribution in [0.15, 0.2) is 43.0 Å². The summed E-state index contributed by atoms with van der Waals surface area (Å²) in [5, 5.41) is 0.852. The highest BCUT2D eigenvalue weighted by Crippen LogP contribution is 2.24. The summed E-state index contributed by atoms with van der Waals surface area (Å²) in [6.45, 7) is 1.97. The van der Waals surface area contributed by atoms with Gasteiger partial charge in [-0.15, -0.1) is 0 Å². The van der Waals surface area contributed by atoms with Crippen LogP contribution in [0, 0.1) is 0 Å². The normalized spacial score (nSPS) is 11.6. The molecule has 0 spiro atoms. The molecule has 3 nitrogen and oxygen atoms in total. The summed E-state index contributed by atoms with van der Waals surface area (Å²) in [6.07, 6.45) is 7.52. The van der Waals surface area contributed by atoms with Crippen LogP contribution in [-0.2, 0) is 0 Å². The second-order valence-electron chi connectivity index (χ2n) is 3.92. The minimum absolute atomic E-state index is 0.151. The average molecular weight is 295 g/mol. The molecule has 2 aromatic rings. The fourth-order valence-electron chi connectivity index (χ4n) is 1.72. The Hall–Kier alpha value is -1.58. The molecule has 1 aromatic heterocycles. The molecule has 5 heteroatoms. The van der Waals surface area contributed by atoms with Crippen molar-refractivity contribution < 1.29 is 4.79 Å². The Labute approximate surface area is 121 Å². The molecular weight excluding hydrogens is 283 g/mol. The molecule has 2 rings (SSSR count). The predicted octanol–water partition coefficient (Wildman–Crippen LogP) is 4.32. The smallest absolute Gasteiger partial charge is 0.210 e. The number of allylic oxidation sites excluding steroid dienone is 2. The van der Waals surface area contributed by atoms with Gasteiger partial charge in [-0.25, -0.2) is 4.98 Å². The van der Waals surface area contributed by atoms with E-state index in [1.165, 1.54) is 0 Å². The minimum Gasteiger partial charge on any atom is -0.303 e. The van der Waals surface area contributed by atoms with Gasteiger partial charge in [-0.1, -0.05) is 36.2 Å². The SMILES string of the molecule is CCC=C(C(=O)c1ccc(Cl)cc1Cl)n1ccnc1. The fraction of sp³-hybridized carbons (Fsp3) is 0.143. The lowest BCUT2D eigenvalue weighted by atomic mass is 10.1. The summed E-state index contributed by atoms with van der Waals surface area (Å²) in [5.41, 5.74) is 0.962. The highest BCUT2D eigenvalue weighted by Gasteiger charge is 2.16. The molecule has 0 fully saturated rings. The monoisotopic (exact) mass is 294 g/mol. The van der Waals surface area contributed by atoms with E-state index in [4.69, 9.17) is 23.2 Å². The zero-order valence-corrected chi connectivity index (χ0v) is 11.8. The standard InChI is InChI=1S/C14H12Cl2N2O/c1-2-3-13(18-7-6-17-9-18)14(19)11-5-4-10(15)8-12(11)16/h3-9H,2H2,1H3. The number of ketones is 1. The molecule has 0 saturated heterocycles. The lowest BCUT2D eigenvalue weighted by molar-refractivity contribution is 0.105.